The minimum atomic E-state index is 0.506. The van der Waals surface area contributed by atoms with Crippen LogP contribution in [0.1, 0.15) is 45.4 Å². The lowest BCUT2D eigenvalue weighted by Crippen LogP contribution is -2.36. The minimum Gasteiger partial charge on any atom is -0.271 e. The molecule has 78 valence electrons. The second-order valence-electron chi connectivity index (χ2n) is 3.87. The van der Waals surface area contributed by atoms with Crippen molar-refractivity contribution in [2.24, 2.45) is 5.84 Å². The number of thioether (sulfide) groups is 1. The Morgan fingerprint density at radius 1 is 1.38 bits per heavy atom. The van der Waals surface area contributed by atoms with Gasteiger partial charge in [0, 0.05) is 17.0 Å². The minimum absolute atomic E-state index is 0.506. The highest BCUT2D eigenvalue weighted by Gasteiger charge is 2.15. The first-order valence-electron chi connectivity index (χ1n) is 5.44. The first kappa shape index (κ1) is 11.3. The molecule has 0 radical (unpaired) electrons. The fourth-order valence-electron chi connectivity index (χ4n) is 1.77. The first-order valence-corrected chi connectivity index (χ1v) is 6.49. The van der Waals surface area contributed by atoms with Crippen LogP contribution in [0.15, 0.2) is 0 Å². The van der Waals surface area contributed by atoms with Crippen LogP contribution >= 0.6 is 11.8 Å². The number of hydrazine groups is 1. The molecule has 1 saturated carbocycles. The fraction of sp³-hybridized carbons (Fsp3) is 1.00. The fourth-order valence-corrected chi connectivity index (χ4v) is 3.27. The maximum absolute atomic E-state index is 5.44. The van der Waals surface area contributed by atoms with Crippen LogP contribution in [0.25, 0.3) is 0 Å². The summed E-state index contributed by atoms with van der Waals surface area (Å²) < 4.78 is 0. The zero-order valence-electron chi connectivity index (χ0n) is 8.59. The molecule has 0 aromatic heterocycles. The Hall–Kier alpha value is 0.270. The van der Waals surface area contributed by atoms with Gasteiger partial charge >= 0.3 is 0 Å². The number of nitrogens with two attached hydrogens (primary N) is 1. The van der Waals surface area contributed by atoms with E-state index in [4.69, 9.17) is 5.84 Å². The van der Waals surface area contributed by atoms with Crippen molar-refractivity contribution in [1.82, 2.24) is 5.43 Å². The molecule has 1 atom stereocenters. The Bertz CT molecular complexity index is 120. The molecule has 0 aliphatic heterocycles. The topological polar surface area (TPSA) is 38.0 Å². The molecule has 2 nitrogen and oxygen atoms in total. The smallest absolute Gasteiger partial charge is 0.0298 e. The van der Waals surface area contributed by atoms with Crippen molar-refractivity contribution in [2.45, 2.75) is 56.7 Å². The first-order chi connectivity index (χ1) is 6.36. The van der Waals surface area contributed by atoms with Crippen LogP contribution in [0, 0.1) is 0 Å². The van der Waals surface area contributed by atoms with E-state index in [0.29, 0.717) is 6.04 Å². The van der Waals surface area contributed by atoms with Crippen molar-refractivity contribution < 1.29 is 0 Å². The zero-order chi connectivity index (χ0) is 9.52. The van der Waals surface area contributed by atoms with E-state index in [0.717, 1.165) is 11.7 Å². The van der Waals surface area contributed by atoms with Crippen molar-refractivity contribution in [3.05, 3.63) is 0 Å². The largest absolute Gasteiger partial charge is 0.271 e. The molecular formula is C10H22N2S. The van der Waals surface area contributed by atoms with Gasteiger partial charge in [-0.25, -0.2) is 0 Å². The van der Waals surface area contributed by atoms with Gasteiger partial charge in [0.05, 0.1) is 0 Å². The van der Waals surface area contributed by atoms with Gasteiger partial charge in [0.1, 0.15) is 0 Å². The summed E-state index contributed by atoms with van der Waals surface area (Å²) in [6.45, 7) is 2.19. The monoisotopic (exact) mass is 202 g/mol. The van der Waals surface area contributed by atoms with Gasteiger partial charge in [0.15, 0.2) is 0 Å². The molecule has 0 aromatic rings. The summed E-state index contributed by atoms with van der Waals surface area (Å²) in [5.74, 6) is 6.61. The van der Waals surface area contributed by atoms with Gasteiger partial charge in [-0.2, -0.15) is 11.8 Å². The maximum Gasteiger partial charge on any atom is 0.0298 e. The van der Waals surface area contributed by atoms with Gasteiger partial charge in [-0.3, -0.25) is 11.3 Å². The number of hydrogen-bond acceptors (Lipinski definition) is 3. The van der Waals surface area contributed by atoms with Crippen LogP contribution in [0.5, 0.6) is 0 Å². The molecule has 0 saturated heterocycles. The summed E-state index contributed by atoms with van der Waals surface area (Å²) in [5, 5.41) is 0.913. The molecule has 0 amide bonds. The summed E-state index contributed by atoms with van der Waals surface area (Å²) in [5.41, 5.74) is 2.87. The third kappa shape index (κ3) is 4.34. The molecule has 0 aromatic carbocycles. The molecule has 3 N–H and O–H groups in total. The Labute approximate surface area is 86.0 Å². The van der Waals surface area contributed by atoms with Gasteiger partial charge in [0.25, 0.3) is 0 Å². The number of rotatable bonds is 5. The van der Waals surface area contributed by atoms with Crippen LogP contribution in [0.2, 0.25) is 0 Å². The summed E-state index contributed by atoms with van der Waals surface area (Å²) >= 11 is 2.11. The molecule has 1 aliphatic rings. The van der Waals surface area contributed by atoms with Gasteiger partial charge in [-0.1, -0.05) is 26.2 Å². The second kappa shape index (κ2) is 6.68. The van der Waals surface area contributed by atoms with Crippen molar-refractivity contribution in [3.8, 4) is 0 Å². The second-order valence-corrected chi connectivity index (χ2v) is 5.20. The Morgan fingerprint density at radius 3 is 2.62 bits per heavy atom. The summed E-state index contributed by atoms with van der Waals surface area (Å²) in [7, 11) is 0. The van der Waals surface area contributed by atoms with E-state index in [2.05, 4.69) is 24.1 Å². The molecule has 13 heavy (non-hydrogen) atoms. The zero-order valence-corrected chi connectivity index (χ0v) is 9.41. The van der Waals surface area contributed by atoms with E-state index >= 15 is 0 Å². The Balaban J connectivity index is 2.09. The lowest BCUT2D eigenvalue weighted by molar-refractivity contribution is 0.512. The molecule has 1 unspecified atom stereocenters. The quantitative estimate of drug-likeness (QED) is 0.530. The average Bonchev–Trinajstić information content (AvgIpc) is 2.21. The van der Waals surface area contributed by atoms with Gasteiger partial charge in [-0.05, 0) is 19.3 Å². The van der Waals surface area contributed by atoms with Crippen molar-refractivity contribution >= 4 is 11.8 Å². The molecule has 1 aliphatic carbocycles. The van der Waals surface area contributed by atoms with E-state index < -0.39 is 0 Å². The highest BCUT2D eigenvalue weighted by atomic mass is 32.2. The Kier molecular flexibility index (Phi) is 5.83. The normalized spacial score (nSPS) is 21.7. The van der Waals surface area contributed by atoms with Crippen molar-refractivity contribution in [3.63, 3.8) is 0 Å². The molecular weight excluding hydrogens is 180 g/mol. The van der Waals surface area contributed by atoms with Crippen molar-refractivity contribution in [1.29, 1.82) is 0 Å². The lowest BCUT2D eigenvalue weighted by Gasteiger charge is -2.23. The van der Waals surface area contributed by atoms with E-state index in [9.17, 15) is 0 Å². The molecule has 1 fully saturated rings. The van der Waals surface area contributed by atoms with Gasteiger partial charge in [0.2, 0.25) is 0 Å². The number of hydrogen-bond donors (Lipinski definition) is 2. The van der Waals surface area contributed by atoms with Crippen LogP contribution < -0.4 is 11.3 Å². The summed E-state index contributed by atoms with van der Waals surface area (Å²) in [6.07, 6.45) is 8.30. The van der Waals surface area contributed by atoms with Gasteiger partial charge in [-0.15, -0.1) is 0 Å². The molecule has 1 rings (SSSR count). The predicted octanol–water partition coefficient (Wildman–Crippen LogP) is 2.29. The van der Waals surface area contributed by atoms with Crippen LogP contribution in [0.3, 0.4) is 0 Å². The molecule has 0 spiro atoms. The number of nitrogens with one attached hydrogen (secondary N) is 1. The Morgan fingerprint density at radius 2 is 2.08 bits per heavy atom. The van der Waals surface area contributed by atoms with Gasteiger partial charge < -0.3 is 0 Å². The molecule has 0 bridgehead atoms. The van der Waals surface area contributed by atoms with Crippen LogP contribution in [0.4, 0.5) is 0 Å². The van der Waals surface area contributed by atoms with E-state index in [1.807, 2.05) is 0 Å². The SMILES string of the molecule is CCC(CSC1CCCCC1)NN. The van der Waals surface area contributed by atoms with Crippen LogP contribution in [-0.4, -0.2) is 17.0 Å². The average molecular weight is 202 g/mol. The summed E-state index contributed by atoms with van der Waals surface area (Å²) in [4.78, 5) is 0. The maximum atomic E-state index is 5.44. The van der Waals surface area contributed by atoms with E-state index in [1.54, 1.807) is 0 Å². The van der Waals surface area contributed by atoms with E-state index in [-0.39, 0.29) is 0 Å². The highest BCUT2D eigenvalue weighted by Crippen LogP contribution is 2.28. The predicted molar refractivity (Wildman–Crippen MR) is 60.7 cm³/mol. The lowest BCUT2D eigenvalue weighted by atomic mass is 10.0. The summed E-state index contributed by atoms with van der Waals surface area (Å²) in [6, 6.07) is 0.506. The highest BCUT2D eigenvalue weighted by molar-refractivity contribution is 7.99. The molecule has 0 heterocycles. The standard InChI is InChI=1S/C10H22N2S/c1-2-9(12-11)8-13-10-6-4-3-5-7-10/h9-10,12H,2-8,11H2,1H3. The third-order valence-corrected chi connectivity index (χ3v) is 4.35. The van der Waals surface area contributed by atoms with Crippen molar-refractivity contribution in [2.75, 3.05) is 5.75 Å². The molecule has 3 heteroatoms. The van der Waals surface area contributed by atoms with E-state index in [1.165, 1.54) is 37.9 Å². The van der Waals surface area contributed by atoms with Crippen LogP contribution in [-0.2, 0) is 0 Å². The third-order valence-electron chi connectivity index (χ3n) is 2.81.